The number of ether oxygens (including phenoxy) is 1. The van der Waals surface area contributed by atoms with E-state index in [1.807, 2.05) is 51.2 Å². The largest absolute Gasteiger partial charge is 0.443 e. The van der Waals surface area contributed by atoms with E-state index in [1.165, 1.54) is 10.1 Å². The fourth-order valence-corrected chi connectivity index (χ4v) is 3.96. The van der Waals surface area contributed by atoms with E-state index in [1.54, 1.807) is 10.9 Å². The number of unbranched alkanes of at least 4 members (excludes halogenated alkanes) is 3. The van der Waals surface area contributed by atoms with Crippen molar-refractivity contribution in [2.75, 3.05) is 12.3 Å². The second-order valence-electron chi connectivity index (χ2n) is 10.5. The quantitative estimate of drug-likeness (QED) is 0.314. The van der Waals surface area contributed by atoms with Gasteiger partial charge in [-0.2, -0.15) is 0 Å². The highest BCUT2D eigenvalue weighted by atomic mass is 16.6. The Balaban J connectivity index is 1.32. The van der Waals surface area contributed by atoms with Crippen LogP contribution in [0.4, 0.5) is 10.7 Å². The predicted octanol–water partition coefficient (Wildman–Crippen LogP) is 4.57. The van der Waals surface area contributed by atoms with Gasteiger partial charge in [-0.25, -0.2) is 14.3 Å². The number of nitrogens with zero attached hydrogens (tertiary/aromatic N) is 5. The number of carbonyl (C=O) groups is 2. The van der Waals surface area contributed by atoms with Gasteiger partial charge in [0, 0.05) is 24.5 Å². The molecule has 0 fully saturated rings. The van der Waals surface area contributed by atoms with Crippen LogP contribution in [0.5, 0.6) is 0 Å². The molecule has 206 valence electrons. The number of hydrogen-bond acceptors (Lipinski definition) is 7. The number of nitrogens with one attached hydrogen (secondary N) is 1. The molecule has 2 heterocycles. The van der Waals surface area contributed by atoms with Crippen LogP contribution in [-0.4, -0.2) is 48.7 Å². The normalized spacial score (nSPS) is 11.5. The lowest BCUT2D eigenvalue weighted by atomic mass is 10.1. The summed E-state index contributed by atoms with van der Waals surface area (Å²) in [4.78, 5) is 28.9. The highest BCUT2D eigenvalue weighted by Crippen LogP contribution is 2.15. The summed E-state index contributed by atoms with van der Waals surface area (Å²) in [5.74, 6) is 0.0624. The molecule has 0 bridgehead atoms. The molecule has 10 heteroatoms. The first-order valence-electron chi connectivity index (χ1n) is 13.5. The molecule has 3 rings (SSSR count). The zero-order chi connectivity index (χ0) is 27.5. The van der Waals surface area contributed by atoms with Gasteiger partial charge in [0.25, 0.3) is 5.91 Å². The monoisotopic (exact) mass is 523 g/mol. The van der Waals surface area contributed by atoms with Gasteiger partial charge in [-0.05, 0) is 77.0 Å². The number of benzene rings is 1. The Morgan fingerprint density at radius 1 is 0.974 bits per heavy atom. The molecule has 1 amide bonds. The number of nitrogens with two attached hydrogens (primary N) is 1. The molecular weight excluding hydrogens is 482 g/mol. The van der Waals surface area contributed by atoms with E-state index in [2.05, 4.69) is 27.5 Å². The van der Waals surface area contributed by atoms with Crippen LogP contribution in [-0.2, 0) is 30.5 Å². The number of carbonyl (C=O) groups excluding carboxylic acids is 2. The van der Waals surface area contributed by atoms with Gasteiger partial charge in [0.05, 0.1) is 17.9 Å². The second-order valence-corrected chi connectivity index (χ2v) is 10.5. The SMILES string of the molecule is CCCCc1ccc(C(=O)NCCn2cc(CCCCCc3cn(C(=O)OC(C)(C)C)c(N)n3)nn2)cc1. The Hall–Kier alpha value is -3.69. The lowest BCUT2D eigenvalue weighted by molar-refractivity contribution is 0.0540. The number of amides is 1. The van der Waals surface area contributed by atoms with Gasteiger partial charge < -0.3 is 15.8 Å². The molecule has 3 aromatic rings. The molecule has 0 radical (unpaired) electrons. The maximum atomic E-state index is 12.4. The average molecular weight is 524 g/mol. The summed E-state index contributed by atoms with van der Waals surface area (Å²) in [6.07, 6.45) is 10.8. The molecule has 2 aromatic heterocycles. The lowest BCUT2D eigenvalue weighted by Crippen LogP contribution is -2.27. The van der Waals surface area contributed by atoms with Crippen molar-refractivity contribution in [2.24, 2.45) is 0 Å². The molecule has 0 aliphatic heterocycles. The number of nitrogen functional groups attached to an aromatic ring is 1. The van der Waals surface area contributed by atoms with Crippen molar-refractivity contribution in [3.8, 4) is 0 Å². The zero-order valence-electron chi connectivity index (χ0n) is 23.1. The van der Waals surface area contributed by atoms with Crippen molar-refractivity contribution in [3.63, 3.8) is 0 Å². The van der Waals surface area contributed by atoms with Crippen LogP contribution < -0.4 is 11.1 Å². The van der Waals surface area contributed by atoms with Crippen LogP contribution in [0.2, 0.25) is 0 Å². The topological polar surface area (TPSA) is 130 Å². The number of rotatable bonds is 13. The summed E-state index contributed by atoms with van der Waals surface area (Å²) in [6.45, 7) is 8.65. The predicted molar refractivity (Wildman–Crippen MR) is 147 cm³/mol. The van der Waals surface area contributed by atoms with Gasteiger partial charge in [-0.3, -0.25) is 9.48 Å². The van der Waals surface area contributed by atoms with Gasteiger partial charge >= 0.3 is 6.09 Å². The first-order valence-corrected chi connectivity index (χ1v) is 13.5. The average Bonchev–Trinajstić information content (AvgIpc) is 3.47. The van der Waals surface area contributed by atoms with Gasteiger partial charge in [0.2, 0.25) is 5.95 Å². The van der Waals surface area contributed by atoms with E-state index in [0.29, 0.717) is 18.7 Å². The first kappa shape index (κ1) is 28.9. The van der Waals surface area contributed by atoms with Crippen LogP contribution in [0.15, 0.2) is 36.7 Å². The summed E-state index contributed by atoms with van der Waals surface area (Å²) < 4.78 is 8.37. The fourth-order valence-electron chi connectivity index (χ4n) is 3.96. The second kappa shape index (κ2) is 13.7. The number of anilines is 1. The molecule has 0 spiro atoms. The smallest absolute Gasteiger partial charge is 0.421 e. The minimum Gasteiger partial charge on any atom is -0.443 e. The minimum absolute atomic E-state index is 0.0786. The van der Waals surface area contributed by atoms with Gasteiger partial charge in [0.1, 0.15) is 5.60 Å². The molecule has 0 unspecified atom stereocenters. The standard InChI is InChI=1S/C28H41N7O3/c1-5-6-10-21-13-15-22(16-14-21)25(36)30-17-18-34-19-24(32-33-34)12-9-7-8-11-23-20-35(26(29)31-23)27(37)38-28(2,3)4/h13-16,19-20H,5-12,17-18H2,1-4H3,(H2,29,31)(H,30,36). The number of hydrogen-bond donors (Lipinski definition) is 2. The summed E-state index contributed by atoms with van der Waals surface area (Å²) in [7, 11) is 0. The van der Waals surface area contributed by atoms with Crippen LogP contribution in [0.25, 0.3) is 0 Å². The number of aromatic nitrogens is 5. The van der Waals surface area contributed by atoms with Gasteiger partial charge in [-0.15, -0.1) is 5.10 Å². The molecule has 3 N–H and O–H groups in total. The fraction of sp³-hybridized carbons (Fsp3) is 0.536. The Morgan fingerprint density at radius 3 is 2.37 bits per heavy atom. The van der Waals surface area contributed by atoms with E-state index < -0.39 is 11.7 Å². The summed E-state index contributed by atoms with van der Waals surface area (Å²) in [6, 6.07) is 7.83. The van der Waals surface area contributed by atoms with E-state index >= 15 is 0 Å². The number of aryl methyl sites for hydroxylation is 3. The van der Waals surface area contributed by atoms with Crippen molar-refractivity contribution < 1.29 is 14.3 Å². The van der Waals surface area contributed by atoms with E-state index in [0.717, 1.165) is 62.8 Å². The van der Waals surface area contributed by atoms with Crippen molar-refractivity contribution in [3.05, 3.63) is 59.2 Å². The Morgan fingerprint density at radius 2 is 1.68 bits per heavy atom. The Bertz CT molecular complexity index is 1180. The minimum atomic E-state index is -0.593. The molecule has 0 saturated heterocycles. The molecule has 10 nitrogen and oxygen atoms in total. The zero-order valence-corrected chi connectivity index (χ0v) is 23.1. The maximum Gasteiger partial charge on any atom is 0.421 e. The molecule has 1 aromatic carbocycles. The highest BCUT2D eigenvalue weighted by molar-refractivity contribution is 5.94. The van der Waals surface area contributed by atoms with Crippen molar-refractivity contribution in [1.29, 1.82) is 0 Å². The van der Waals surface area contributed by atoms with Crippen LogP contribution in [0, 0.1) is 0 Å². The summed E-state index contributed by atoms with van der Waals surface area (Å²) >= 11 is 0. The van der Waals surface area contributed by atoms with Crippen molar-refractivity contribution in [2.45, 2.75) is 91.2 Å². The molecule has 0 aliphatic carbocycles. The molecule has 0 saturated carbocycles. The molecule has 0 atom stereocenters. The van der Waals surface area contributed by atoms with Gasteiger partial charge in [0.15, 0.2) is 0 Å². The van der Waals surface area contributed by atoms with Crippen LogP contribution in [0.1, 0.15) is 87.1 Å². The molecular formula is C28H41N7O3. The number of imidazole rings is 1. The van der Waals surface area contributed by atoms with E-state index in [4.69, 9.17) is 10.5 Å². The summed E-state index contributed by atoms with van der Waals surface area (Å²) in [5.41, 5.74) is 8.92. The van der Waals surface area contributed by atoms with Crippen LogP contribution in [0.3, 0.4) is 0 Å². The van der Waals surface area contributed by atoms with Gasteiger partial charge in [-0.1, -0.05) is 37.1 Å². The maximum absolute atomic E-state index is 12.4. The Labute approximate surface area is 225 Å². The molecule has 38 heavy (non-hydrogen) atoms. The third-order valence-electron chi connectivity index (χ3n) is 5.99. The summed E-state index contributed by atoms with van der Waals surface area (Å²) in [5, 5.41) is 11.4. The van der Waals surface area contributed by atoms with Crippen molar-refractivity contribution >= 4 is 17.9 Å². The lowest BCUT2D eigenvalue weighted by Gasteiger charge is -2.19. The third kappa shape index (κ3) is 9.32. The third-order valence-corrected chi connectivity index (χ3v) is 5.99. The van der Waals surface area contributed by atoms with E-state index in [-0.39, 0.29) is 11.9 Å². The van der Waals surface area contributed by atoms with Crippen LogP contribution >= 0.6 is 0 Å². The highest BCUT2D eigenvalue weighted by Gasteiger charge is 2.20. The Kier molecular flexibility index (Phi) is 10.4. The first-order chi connectivity index (χ1) is 18.1. The van der Waals surface area contributed by atoms with E-state index in [9.17, 15) is 9.59 Å². The van der Waals surface area contributed by atoms with Crippen molar-refractivity contribution in [1.82, 2.24) is 29.9 Å². The molecule has 0 aliphatic rings.